The molecule has 0 fully saturated rings. The molecule has 0 unspecified atom stereocenters. The molecule has 5 nitrogen and oxygen atoms in total. The summed E-state index contributed by atoms with van der Waals surface area (Å²) in [6, 6.07) is 10.0. The van der Waals surface area contributed by atoms with E-state index in [9.17, 15) is 9.18 Å². The SMILES string of the molecule is CCN(CC)CCCOc1ccc2c(c1)COC2=C1C(=O)Nc2ccc(F)cc21. The van der Waals surface area contributed by atoms with Gasteiger partial charge in [-0.3, -0.25) is 4.79 Å². The minimum atomic E-state index is -0.384. The normalized spacial score (nSPS) is 17.2. The Morgan fingerprint density at radius 2 is 1.97 bits per heavy atom. The van der Waals surface area contributed by atoms with E-state index in [0.717, 1.165) is 42.9 Å². The number of halogens is 1. The van der Waals surface area contributed by atoms with Crippen LogP contribution in [0.4, 0.5) is 10.1 Å². The number of hydrogen-bond acceptors (Lipinski definition) is 4. The van der Waals surface area contributed by atoms with E-state index in [2.05, 4.69) is 24.1 Å². The molecule has 152 valence electrons. The molecule has 0 aromatic heterocycles. The molecule has 0 spiro atoms. The molecule has 0 saturated carbocycles. The Morgan fingerprint density at radius 3 is 2.76 bits per heavy atom. The van der Waals surface area contributed by atoms with Gasteiger partial charge in [0.25, 0.3) is 5.91 Å². The summed E-state index contributed by atoms with van der Waals surface area (Å²) < 4.78 is 25.5. The lowest BCUT2D eigenvalue weighted by molar-refractivity contribution is -0.110. The van der Waals surface area contributed by atoms with Crippen LogP contribution < -0.4 is 10.1 Å². The number of amides is 1. The molecule has 0 aliphatic carbocycles. The van der Waals surface area contributed by atoms with Crippen molar-refractivity contribution in [3.63, 3.8) is 0 Å². The second-order valence-electron chi connectivity index (χ2n) is 7.18. The molecule has 4 rings (SSSR count). The first-order valence-electron chi connectivity index (χ1n) is 10.1. The average Bonchev–Trinajstić information content (AvgIpc) is 3.27. The van der Waals surface area contributed by atoms with Crippen LogP contribution in [0.3, 0.4) is 0 Å². The van der Waals surface area contributed by atoms with E-state index >= 15 is 0 Å². The fourth-order valence-corrected chi connectivity index (χ4v) is 3.82. The lowest BCUT2D eigenvalue weighted by Gasteiger charge is -2.17. The Morgan fingerprint density at radius 1 is 1.14 bits per heavy atom. The van der Waals surface area contributed by atoms with Gasteiger partial charge in [-0.15, -0.1) is 0 Å². The molecule has 0 saturated heterocycles. The number of ether oxygens (including phenoxy) is 2. The fourth-order valence-electron chi connectivity index (χ4n) is 3.82. The van der Waals surface area contributed by atoms with Gasteiger partial charge in [-0.2, -0.15) is 0 Å². The maximum absolute atomic E-state index is 13.7. The van der Waals surface area contributed by atoms with Crippen LogP contribution in [0.2, 0.25) is 0 Å². The van der Waals surface area contributed by atoms with Crippen molar-refractivity contribution in [3.8, 4) is 5.75 Å². The van der Waals surface area contributed by atoms with Crippen molar-refractivity contribution in [2.24, 2.45) is 0 Å². The molecular weight excluding hydrogens is 371 g/mol. The number of carbonyl (C=O) groups excluding carboxylic acids is 1. The van der Waals surface area contributed by atoms with E-state index in [-0.39, 0.29) is 11.7 Å². The Balaban J connectivity index is 1.52. The summed E-state index contributed by atoms with van der Waals surface area (Å²) in [4.78, 5) is 14.9. The van der Waals surface area contributed by atoms with Gasteiger partial charge < -0.3 is 19.7 Å². The highest BCUT2D eigenvalue weighted by Crippen LogP contribution is 2.42. The van der Waals surface area contributed by atoms with Crippen molar-refractivity contribution in [1.82, 2.24) is 4.90 Å². The Bertz CT molecular complexity index is 967. The summed E-state index contributed by atoms with van der Waals surface area (Å²) in [5.41, 5.74) is 3.33. The number of hydrogen-bond donors (Lipinski definition) is 1. The first-order chi connectivity index (χ1) is 14.1. The van der Waals surface area contributed by atoms with Crippen LogP contribution in [-0.4, -0.2) is 37.0 Å². The Kier molecular flexibility index (Phi) is 5.53. The quantitative estimate of drug-likeness (QED) is 0.560. The van der Waals surface area contributed by atoms with E-state index in [0.29, 0.717) is 35.8 Å². The highest BCUT2D eigenvalue weighted by molar-refractivity contribution is 6.36. The van der Waals surface area contributed by atoms with E-state index < -0.39 is 0 Å². The number of nitrogens with zero attached hydrogens (tertiary/aromatic N) is 1. The lowest BCUT2D eigenvalue weighted by atomic mass is 10.0. The summed E-state index contributed by atoms with van der Waals surface area (Å²) >= 11 is 0. The van der Waals surface area contributed by atoms with Crippen LogP contribution in [0, 0.1) is 5.82 Å². The molecule has 29 heavy (non-hydrogen) atoms. The zero-order valence-electron chi connectivity index (χ0n) is 16.8. The number of carbonyl (C=O) groups is 1. The molecule has 2 aromatic rings. The number of anilines is 1. The van der Waals surface area contributed by atoms with Gasteiger partial charge in [-0.25, -0.2) is 4.39 Å². The van der Waals surface area contributed by atoms with Gasteiger partial charge in [0.05, 0.1) is 12.2 Å². The second-order valence-corrected chi connectivity index (χ2v) is 7.18. The zero-order valence-corrected chi connectivity index (χ0v) is 16.8. The molecule has 1 amide bonds. The molecule has 2 aliphatic heterocycles. The summed E-state index contributed by atoms with van der Waals surface area (Å²) in [5, 5.41) is 2.77. The molecule has 1 N–H and O–H groups in total. The molecule has 0 radical (unpaired) electrons. The number of benzene rings is 2. The van der Waals surface area contributed by atoms with Crippen molar-refractivity contribution >= 4 is 22.9 Å². The second kappa shape index (κ2) is 8.25. The third kappa shape index (κ3) is 3.85. The minimum Gasteiger partial charge on any atom is -0.494 e. The standard InChI is InChI=1S/C23H25FN2O3/c1-3-26(4-2)10-5-11-28-17-7-8-18-15(12-17)14-29-22(18)21-19-13-16(24)6-9-20(19)25-23(21)27/h6-9,12-13H,3-5,10-11,14H2,1-2H3,(H,25,27). The number of rotatable bonds is 7. The smallest absolute Gasteiger partial charge is 0.260 e. The number of nitrogens with one attached hydrogen (secondary N) is 1. The third-order valence-electron chi connectivity index (χ3n) is 5.43. The van der Waals surface area contributed by atoms with E-state index in [1.165, 1.54) is 12.1 Å². The highest BCUT2D eigenvalue weighted by atomic mass is 19.1. The summed E-state index contributed by atoms with van der Waals surface area (Å²) in [7, 11) is 0. The highest BCUT2D eigenvalue weighted by Gasteiger charge is 2.32. The first kappa shape index (κ1) is 19.5. The van der Waals surface area contributed by atoms with Crippen molar-refractivity contribution in [3.05, 3.63) is 58.9 Å². The Hall–Kier alpha value is -2.86. The van der Waals surface area contributed by atoms with E-state index in [1.807, 2.05) is 18.2 Å². The van der Waals surface area contributed by atoms with Crippen LogP contribution in [-0.2, 0) is 16.1 Å². The van der Waals surface area contributed by atoms with Gasteiger partial charge in [-0.1, -0.05) is 13.8 Å². The molecular formula is C23H25FN2O3. The van der Waals surface area contributed by atoms with Crippen LogP contribution in [0.25, 0.3) is 11.3 Å². The maximum Gasteiger partial charge on any atom is 0.260 e. The van der Waals surface area contributed by atoms with Gasteiger partial charge in [0.1, 0.15) is 23.9 Å². The van der Waals surface area contributed by atoms with Crippen molar-refractivity contribution in [1.29, 1.82) is 0 Å². The third-order valence-corrected chi connectivity index (χ3v) is 5.43. The monoisotopic (exact) mass is 396 g/mol. The maximum atomic E-state index is 13.7. The molecule has 2 aliphatic rings. The van der Waals surface area contributed by atoms with Gasteiger partial charge in [0, 0.05) is 28.9 Å². The average molecular weight is 396 g/mol. The van der Waals surface area contributed by atoms with Gasteiger partial charge >= 0.3 is 0 Å². The summed E-state index contributed by atoms with van der Waals surface area (Å²) in [6.45, 7) is 8.45. The van der Waals surface area contributed by atoms with E-state index in [1.54, 1.807) is 6.07 Å². The summed E-state index contributed by atoms with van der Waals surface area (Å²) in [6.07, 6.45) is 0.965. The first-order valence-corrected chi connectivity index (χ1v) is 10.1. The largest absolute Gasteiger partial charge is 0.494 e. The van der Waals surface area contributed by atoms with Crippen molar-refractivity contribution in [2.75, 3.05) is 31.6 Å². The van der Waals surface area contributed by atoms with Crippen molar-refractivity contribution < 1.29 is 18.7 Å². The van der Waals surface area contributed by atoms with E-state index in [4.69, 9.17) is 9.47 Å². The fraction of sp³-hybridized carbons (Fsp3) is 0.348. The molecule has 6 heteroatoms. The van der Waals surface area contributed by atoms with Gasteiger partial charge in [-0.05, 0) is 55.9 Å². The Labute approximate surface area is 170 Å². The molecule has 0 atom stereocenters. The predicted molar refractivity (Wildman–Crippen MR) is 111 cm³/mol. The minimum absolute atomic E-state index is 0.273. The van der Waals surface area contributed by atoms with Crippen LogP contribution in [0.15, 0.2) is 36.4 Å². The predicted octanol–water partition coefficient (Wildman–Crippen LogP) is 4.29. The number of fused-ring (bicyclic) bond motifs is 2. The zero-order chi connectivity index (χ0) is 20.4. The van der Waals surface area contributed by atoms with Crippen LogP contribution >= 0.6 is 0 Å². The molecule has 0 bridgehead atoms. The van der Waals surface area contributed by atoms with Gasteiger partial charge in [0.2, 0.25) is 0 Å². The van der Waals surface area contributed by atoms with Gasteiger partial charge in [0.15, 0.2) is 0 Å². The topological polar surface area (TPSA) is 50.8 Å². The van der Waals surface area contributed by atoms with Crippen molar-refractivity contribution in [2.45, 2.75) is 26.9 Å². The lowest BCUT2D eigenvalue weighted by Crippen LogP contribution is -2.25. The summed E-state index contributed by atoms with van der Waals surface area (Å²) in [5.74, 6) is 0.630. The van der Waals surface area contributed by atoms with Crippen LogP contribution in [0.1, 0.15) is 37.0 Å². The molecule has 2 heterocycles. The molecule has 2 aromatic carbocycles. The van der Waals surface area contributed by atoms with Crippen LogP contribution in [0.5, 0.6) is 5.75 Å².